The smallest absolute Gasteiger partial charge is 0.0468 e. The van der Waals surface area contributed by atoms with E-state index in [4.69, 9.17) is 0 Å². The number of hydrogen-bond acceptors (Lipinski definition) is 3. The SMILES string of the molecule is CNC(Cc1ccc(C)cn1)c1cc(C)c(C)s1. The van der Waals surface area contributed by atoms with E-state index in [0.29, 0.717) is 6.04 Å². The van der Waals surface area contributed by atoms with Crippen molar-refractivity contribution in [2.75, 3.05) is 7.05 Å². The van der Waals surface area contributed by atoms with Gasteiger partial charge >= 0.3 is 0 Å². The first-order valence-corrected chi connectivity index (χ1v) is 7.07. The van der Waals surface area contributed by atoms with Gasteiger partial charge in [0.15, 0.2) is 0 Å². The minimum absolute atomic E-state index is 0.359. The van der Waals surface area contributed by atoms with E-state index in [1.807, 2.05) is 24.6 Å². The average molecular weight is 260 g/mol. The lowest BCUT2D eigenvalue weighted by atomic mass is 10.1. The number of aryl methyl sites for hydroxylation is 3. The lowest BCUT2D eigenvalue weighted by Crippen LogP contribution is -2.18. The molecule has 0 bridgehead atoms. The van der Waals surface area contributed by atoms with Crippen molar-refractivity contribution < 1.29 is 0 Å². The number of nitrogens with one attached hydrogen (secondary N) is 1. The van der Waals surface area contributed by atoms with Crippen LogP contribution >= 0.6 is 11.3 Å². The van der Waals surface area contributed by atoms with E-state index in [1.165, 1.54) is 20.9 Å². The molecule has 1 N–H and O–H groups in total. The van der Waals surface area contributed by atoms with Gasteiger partial charge in [-0.15, -0.1) is 11.3 Å². The fourth-order valence-corrected chi connectivity index (χ4v) is 3.10. The molecule has 0 amide bonds. The first-order valence-electron chi connectivity index (χ1n) is 6.26. The third-order valence-corrected chi connectivity index (χ3v) is 4.53. The summed E-state index contributed by atoms with van der Waals surface area (Å²) in [5.41, 5.74) is 3.73. The van der Waals surface area contributed by atoms with Crippen molar-refractivity contribution in [1.29, 1.82) is 0 Å². The van der Waals surface area contributed by atoms with E-state index >= 15 is 0 Å². The van der Waals surface area contributed by atoms with Crippen molar-refractivity contribution in [2.45, 2.75) is 33.2 Å². The molecule has 0 aliphatic rings. The number of aromatic nitrogens is 1. The van der Waals surface area contributed by atoms with Gasteiger partial charge in [0.05, 0.1) is 0 Å². The molecule has 2 rings (SSSR count). The number of thiophene rings is 1. The lowest BCUT2D eigenvalue weighted by Gasteiger charge is -2.14. The summed E-state index contributed by atoms with van der Waals surface area (Å²) in [7, 11) is 2.02. The highest BCUT2D eigenvalue weighted by molar-refractivity contribution is 7.12. The van der Waals surface area contributed by atoms with Gasteiger partial charge in [-0.25, -0.2) is 0 Å². The molecule has 0 fully saturated rings. The second kappa shape index (κ2) is 5.63. The van der Waals surface area contributed by atoms with E-state index in [-0.39, 0.29) is 0 Å². The quantitative estimate of drug-likeness (QED) is 0.909. The van der Waals surface area contributed by atoms with Gasteiger partial charge in [-0.2, -0.15) is 0 Å². The number of pyridine rings is 1. The highest BCUT2D eigenvalue weighted by atomic mass is 32.1. The molecule has 96 valence electrons. The normalized spacial score (nSPS) is 12.7. The van der Waals surface area contributed by atoms with Gasteiger partial charge in [0, 0.05) is 34.1 Å². The second-order valence-corrected chi connectivity index (χ2v) is 6.05. The summed E-state index contributed by atoms with van der Waals surface area (Å²) in [6, 6.07) is 6.89. The molecule has 0 aliphatic heterocycles. The molecule has 1 unspecified atom stereocenters. The van der Waals surface area contributed by atoms with Crippen LogP contribution in [0.3, 0.4) is 0 Å². The van der Waals surface area contributed by atoms with Gasteiger partial charge in [0.25, 0.3) is 0 Å². The van der Waals surface area contributed by atoms with Gasteiger partial charge in [0.1, 0.15) is 0 Å². The molecule has 2 nitrogen and oxygen atoms in total. The molecule has 2 aromatic heterocycles. The van der Waals surface area contributed by atoms with Crippen molar-refractivity contribution in [3.63, 3.8) is 0 Å². The molecule has 2 aromatic rings. The van der Waals surface area contributed by atoms with Crippen LogP contribution in [-0.4, -0.2) is 12.0 Å². The minimum Gasteiger partial charge on any atom is -0.312 e. The summed E-state index contributed by atoms with van der Waals surface area (Å²) in [5.74, 6) is 0. The maximum absolute atomic E-state index is 4.49. The van der Waals surface area contributed by atoms with Crippen molar-refractivity contribution >= 4 is 11.3 Å². The molecule has 0 saturated heterocycles. The standard InChI is InChI=1S/C15H20N2S/c1-10-5-6-13(17-9-10)8-14(16-4)15-7-11(2)12(3)18-15/h5-7,9,14,16H,8H2,1-4H3. The predicted molar refractivity (Wildman–Crippen MR) is 78.3 cm³/mol. The van der Waals surface area contributed by atoms with Crippen LogP contribution in [-0.2, 0) is 6.42 Å². The van der Waals surface area contributed by atoms with Crippen LogP contribution in [0.4, 0.5) is 0 Å². The zero-order valence-electron chi connectivity index (χ0n) is 11.4. The van der Waals surface area contributed by atoms with Crippen LogP contribution in [0.25, 0.3) is 0 Å². The van der Waals surface area contributed by atoms with Gasteiger partial charge in [-0.1, -0.05) is 6.07 Å². The maximum atomic E-state index is 4.49. The maximum Gasteiger partial charge on any atom is 0.0468 e. The van der Waals surface area contributed by atoms with E-state index in [0.717, 1.165) is 12.1 Å². The number of nitrogens with zero attached hydrogens (tertiary/aromatic N) is 1. The molecule has 0 aliphatic carbocycles. The van der Waals surface area contributed by atoms with Crippen LogP contribution in [0.5, 0.6) is 0 Å². The van der Waals surface area contributed by atoms with Crippen LogP contribution < -0.4 is 5.32 Å². The van der Waals surface area contributed by atoms with Gasteiger partial charge < -0.3 is 5.32 Å². The van der Waals surface area contributed by atoms with Crippen LogP contribution in [0.1, 0.15) is 32.6 Å². The molecule has 0 saturated carbocycles. The lowest BCUT2D eigenvalue weighted by molar-refractivity contribution is 0.594. The second-order valence-electron chi connectivity index (χ2n) is 4.76. The van der Waals surface area contributed by atoms with Crippen LogP contribution in [0.15, 0.2) is 24.4 Å². The summed E-state index contributed by atoms with van der Waals surface area (Å²) < 4.78 is 0. The van der Waals surface area contributed by atoms with Crippen molar-refractivity contribution in [2.24, 2.45) is 0 Å². The molecular formula is C15H20N2S. The molecule has 1 atom stereocenters. The first-order chi connectivity index (χ1) is 8.60. The molecule has 0 spiro atoms. The summed E-state index contributed by atoms with van der Waals surface area (Å²) in [4.78, 5) is 7.29. The Bertz CT molecular complexity index is 494. The molecule has 18 heavy (non-hydrogen) atoms. The molecule has 2 heterocycles. The Labute approximate surface area is 113 Å². The molecular weight excluding hydrogens is 240 g/mol. The van der Waals surface area contributed by atoms with Crippen molar-refractivity contribution in [1.82, 2.24) is 10.3 Å². The Kier molecular flexibility index (Phi) is 4.15. The summed E-state index contributed by atoms with van der Waals surface area (Å²) in [5, 5.41) is 3.39. The zero-order chi connectivity index (χ0) is 13.1. The van der Waals surface area contributed by atoms with Crippen LogP contribution in [0, 0.1) is 20.8 Å². The Balaban J connectivity index is 2.16. The van der Waals surface area contributed by atoms with Gasteiger partial charge in [-0.3, -0.25) is 4.98 Å². The van der Waals surface area contributed by atoms with E-state index in [1.54, 1.807) is 0 Å². The Hall–Kier alpha value is -1.19. The average Bonchev–Trinajstić information content (AvgIpc) is 2.69. The third kappa shape index (κ3) is 2.98. The summed E-state index contributed by atoms with van der Waals surface area (Å²) in [6.07, 6.45) is 2.88. The first kappa shape index (κ1) is 13.2. The monoisotopic (exact) mass is 260 g/mol. The predicted octanol–water partition coefficient (Wildman–Crippen LogP) is 3.57. The van der Waals surface area contributed by atoms with E-state index < -0.39 is 0 Å². The van der Waals surface area contributed by atoms with Crippen molar-refractivity contribution in [3.8, 4) is 0 Å². The molecule has 0 aromatic carbocycles. The fourth-order valence-electron chi connectivity index (χ4n) is 1.95. The molecule has 0 radical (unpaired) electrons. The van der Waals surface area contributed by atoms with E-state index in [2.05, 4.69) is 49.3 Å². The number of likely N-dealkylation sites (N-methyl/N-ethyl adjacent to an activating group) is 1. The highest BCUT2D eigenvalue weighted by Gasteiger charge is 2.14. The van der Waals surface area contributed by atoms with Crippen molar-refractivity contribution in [3.05, 3.63) is 51.0 Å². The Morgan fingerprint density at radius 2 is 2.06 bits per heavy atom. The largest absolute Gasteiger partial charge is 0.312 e. The summed E-state index contributed by atoms with van der Waals surface area (Å²) in [6.45, 7) is 6.42. The minimum atomic E-state index is 0.359. The summed E-state index contributed by atoms with van der Waals surface area (Å²) >= 11 is 1.88. The topological polar surface area (TPSA) is 24.9 Å². The van der Waals surface area contributed by atoms with Gasteiger partial charge in [-0.05, 0) is 51.1 Å². The molecule has 3 heteroatoms. The van der Waals surface area contributed by atoms with Crippen LogP contribution in [0.2, 0.25) is 0 Å². The number of rotatable bonds is 4. The van der Waals surface area contributed by atoms with Gasteiger partial charge in [0.2, 0.25) is 0 Å². The third-order valence-electron chi connectivity index (χ3n) is 3.26. The Morgan fingerprint density at radius 3 is 2.56 bits per heavy atom. The Morgan fingerprint density at radius 1 is 1.28 bits per heavy atom. The van der Waals surface area contributed by atoms with E-state index in [9.17, 15) is 0 Å². The fraction of sp³-hybridized carbons (Fsp3) is 0.400. The highest BCUT2D eigenvalue weighted by Crippen LogP contribution is 2.28. The number of hydrogen-bond donors (Lipinski definition) is 1. The zero-order valence-corrected chi connectivity index (χ0v) is 12.3.